The summed E-state index contributed by atoms with van der Waals surface area (Å²) in [7, 11) is 0. The molecule has 1 N–H and O–H groups in total. The van der Waals surface area contributed by atoms with Crippen molar-refractivity contribution in [1.82, 2.24) is 39.6 Å². The van der Waals surface area contributed by atoms with Gasteiger partial charge < -0.3 is 4.74 Å². The van der Waals surface area contributed by atoms with Crippen LogP contribution < -0.4 is 0 Å². The van der Waals surface area contributed by atoms with E-state index in [0.717, 1.165) is 46.0 Å². The molecule has 1 saturated heterocycles. The zero-order chi connectivity index (χ0) is 24.8. The van der Waals surface area contributed by atoms with Crippen LogP contribution in [0.5, 0.6) is 0 Å². The number of hydrogen-bond acceptors (Lipinski definition) is 6. The number of aryl methyl sites for hydroxylation is 1. The number of terminal acetylenes is 1. The molecule has 9 nitrogen and oxygen atoms in total. The predicted molar refractivity (Wildman–Crippen MR) is 131 cm³/mol. The summed E-state index contributed by atoms with van der Waals surface area (Å²) in [5, 5.41) is 16.5. The highest BCUT2D eigenvalue weighted by atomic mass is 19.1. The van der Waals surface area contributed by atoms with Gasteiger partial charge in [-0.1, -0.05) is 0 Å². The number of pyridine rings is 1. The molecule has 0 bridgehead atoms. The number of halogens is 1. The molecule has 1 aliphatic rings. The highest BCUT2D eigenvalue weighted by Gasteiger charge is 2.30. The van der Waals surface area contributed by atoms with Crippen LogP contribution in [-0.2, 0) is 4.74 Å². The van der Waals surface area contributed by atoms with Crippen LogP contribution in [0, 0.1) is 37.9 Å². The van der Waals surface area contributed by atoms with Crippen molar-refractivity contribution in [2.75, 3.05) is 13.2 Å². The molecule has 5 aromatic heterocycles. The molecule has 1 unspecified atom stereocenters. The smallest absolute Gasteiger partial charge is 0.165 e. The van der Waals surface area contributed by atoms with Crippen molar-refractivity contribution in [2.24, 2.45) is 5.92 Å². The van der Waals surface area contributed by atoms with Gasteiger partial charge in [-0.25, -0.2) is 18.6 Å². The maximum atomic E-state index is 13.9. The van der Waals surface area contributed by atoms with Crippen molar-refractivity contribution in [3.63, 3.8) is 0 Å². The lowest BCUT2D eigenvalue weighted by atomic mass is 9.85. The first-order chi connectivity index (χ1) is 17.5. The molecule has 0 amide bonds. The van der Waals surface area contributed by atoms with Gasteiger partial charge in [-0.15, -0.1) is 12.3 Å². The molecule has 5 aromatic rings. The van der Waals surface area contributed by atoms with Crippen molar-refractivity contribution in [1.29, 1.82) is 0 Å². The number of aromatic nitrogens is 8. The van der Waals surface area contributed by atoms with E-state index >= 15 is 0 Å². The quantitative estimate of drug-likeness (QED) is 0.391. The standard InChI is InChI=1S/C26H23FN8O/c1-4-17-14-36-8-6-20(17)23-10-24(35-26(31-23)21(13-30-35)22-5-7-29-32-22)25-15(2)33-34(16(25)3)19-9-18(27)11-28-12-19/h1,5,7,9-13,17,20H,6,8,14H2,2-3H3,(H,29,32)/t17-,20?/m0/s1. The number of hydrogen-bond donors (Lipinski definition) is 1. The van der Waals surface area contributed by atoms with Gasteiger partial charge in [-0.05, 0) is 32.4 Å². The molecule has 0 radical (unpaired) electrons. The Morgan fingerprint density at radius 3 is 2.89 bits per heavy atom. The second-order valence-electron chi connectivity index (χ2n) is 8.89. The molecule has 36 heavy (non-hydrogen) atoms. The molecule has 0 aromatic carbocycles. The molecule has 0 saturated carbocycles. The Morgan fingerprint density at radius 2 is 2.11 bits per heavy atom. The number of H-pyrrole nitrogens is 1. The fraction of sp³-hybridized carbons (Fsp3) is 0.269. The summed E-state index contributed by atoms with van der Waals surface area (Å²) in [5.74, 6) is 2.42. The third kappa shape index (κ3) is 3.56. The number of fused-ring (bicyclic) bond motifs is 1. The fourth-order valence-electron chi connectivity index (χ4n) is 4.98. The summed E-state index contributed by atoms with van der Waals surface area (Å²) in [5.41, 5.74) is 7.07. The van der Waals surface area contributed by atoms with E-state index in [2.05, 4.69) is 26.2 Å². The lowest BCUT2D eigenvalue weighted by molar-refractivity contribution is 0.0597. The lowest BCUT2D eigenvalue weighted by Gasteiger charge is -2.28. The summed E-state index contributed by atoms with van der Waals surface area (Å²) >= 11 is 0. The van der Waals surface area contributed by atoms with Gasteiger partial charge in [-0.2, -0.15) is 15.3 Å². The van der Waals surface area contributed by atoms with Crippen LogP contribution in [0.3, 0.4) is 0 Å². The first-order valence-corrected chi connectivity index (χ1v) is 11.6. The summed E-state index contributed by atoms with van der Waals surface area (Å²) < 4.78 is 23.1. The molecule has 2 atom stereocenters. The average molecular weight is 483 g/mol. The molecular weight excluding hydrogens is 459 g/mol. The van der Waals surface area contributed by atoms with Crippen LogP contribution >= 0.6 is 0 Å². The van der Waals surface area contributed by atoms with Gasteiger partial charge in [0.1, 0.15) is 5.82 Å². The highest BCUT2D eigenvalue weighted by Crippen LogP contribution is 2.37. The molecular formula is C26H23FN8O. The SMILES string of the molecule is C#C[C@H]1COCCC1c1cc(-c2c(C)nn(-c3cncc(F)c3)c2C)n2ncc(-c3ccn[nH]3)c2n1. The monoisotopic (exact) mass is 482 g/mol. The Morgan fingerprint density at radius 1 is 1.22 bits per heavy atom. The minimum absolute atomic E-state index is 0.0418. The van der Waals surface area contributed by atoms with Gasteiger partial charge in [0.15, 0.2) is 5.65 Å². The van der Waals surface area contributed by atoms with E-state index in [1.54, 1.807) is 23.3 Å². The van der Waals surface area contributed by atoms with Crippen molar-refractivity contribution in [3.8, 4) is 40.5 Å². The Labute approximate surface area is 206 Å². The first-order valence-electron chi connectivity index (χ1n) is 11.6. The summed E-state index contributed by atoms with van der Waals surface area (Å²) in [6.45, 7) is 5.00. The summed E-state index contributed by atoms with van der Waals surface area (Å²) in [4.78, 5) is 9.03. The minimum Gasteiger partial charge on any atom is -0.380 e. The zero-order valence-electron chi connectivity index (χ0n) is 19.8. The zero-order valence-corrected chi connectivity index (χ0v) is 19.8. The number of nitrogens with one attached hydrogen (secondary N) is 1. The van der Waals surface area contributed by atoms with Gasteiger partial charge in [-0.3, -0.25) is 10.1 Å². The van der Waals surface area contributed by atoms with Crippen molar-refractivity contribution < 1.29 is 9.13 Å². The summed E-state index contributed by atoms with van der Waals surface area (Å²) in [6.07, 6.45) is 12.9. The second-order valence-corrected chi connectivity index (χ2v) is 8.89. The Kier molecular flexibility index (Phi) is 5.34. The van der Waals surface area contributed by atoms with Crippen LogP contribution in [0.2, 0.25) is 0 Å². The van der Waals surface area contributed by atoms with Crippen molar-refractivity contribution in [2.45, 2.75) is 26.2 Å². The predicted octanol–water partition coefficient (Wildman–Crippen LogP) is 3.88. The third-order valence-corrected chi connectivity index (χ3v) is 6.72. The van der Waals surface area contributed by atoms with E-state index < -0.39 is 5.82 Å². The molecule has 0 spiro atoms. The molecule has 1 aliphatic heterocycles. The van der Waals surface area contributed by atoms with E-state index in [9.17, 15) is 4.39 Å². The van der Waals surface area contributed by atoms with Crippen molar-refractivity contribution in [3.05, 3.63) is 65.9 Å². The van der Waals surface area contributed by atoms with Crippen LogP contribution in [0.25, 0.3) is 33.8 Å². The van der Waals surface area contributed by atoms with E-state index in [1.807, 2.05) is 30.5 Å². The Bertz CT molecular complexity index is 1610. The summed E-state index contributed by atoms with van der Waals surface area (Å²) in [6, 6.07) is 5.34. The molecule has 6 rings (SSSR count). The number of nitrogens with zero attached hydrogens (tertiary/aromatic N) is 7. The van der Waals surface area contributed by atoms with Crippen LogP contribution in [-0.4, -0.2) is 52.8 Å². The molecule has 180 valence electrons. The molecule has 1 fully saturated rings. The van der Waals surface area contributed by atoms with E-state index in [0.29, 0.717) is 24.5 Å². The fourth-order valence-corrected chi connectivity index (χ4v) is 4.98. The van der Waals surface area contributed by atoms with Crippen molar-refractivity contribution >= 4 is 5.65 Å². The normalized spacial score (nSPS) is 17.9. The highest BCUT2D eigenvalue weighted by molar-refractivity contribution is 5.78. The molecule has 0 aliphatic carbocycles. The number of ether oxygens (including phenoxy) is 1. The van der Waals surface area contributed by atoms with Gasteiger partial charge in [0.2, 0.25) is 0 Å². The Hall–Kier alpha value is -4.36. The first kappa shape index (κ1) is 22.1. The number of aromatic amines is 1. The second kappa shape index (κ2) is 8.70. The maximum absolute atomic E-state index is 13.9. The topological polar surface area (TPSA) is 98.8 Å². The van der Waals surface area contributed by atoms with E-state index in [1.165, 1.54) is 12.3 Å². The van der Waals surface area contributed by atoms with Crippen LogP contribution in [0.4, 0.5) is 4.39 Å². The minimum atomic E-state index is -0.425. The molecule has 10 heteroatoms. The van der Waals surface area contributed by atoms with Gasteiger partial charge in [0.05, 0.1) is 65.1 Å². The average Bonchev–Trinajstić information content (AvgIpc) is 3.62. The van der Waals surface area contributed by atoms with E-state index in [4.69, 9.17) is 21.2 Å². The van der Waals surface area contributed by atoms with E-state index in [-0.39, 0.29) is 11.8 Å². The maximum Gasteiger partial charge on any atom is 0.165 e. The van der Waals surface area contributed by atoms with Gasteiger partial charge in [0, 0.05) is 36.0 Å². The van der Waals surface area contributed by atoms with Gasteiger partial charge in [0.25, 0.3) is 0 Å². The molecule has 6 heterocycles. The number of rotatable bonds is 4. The van der Waals surface area contributed by atoms with Crippen LogP contribution in [0.1, 0.15) is 29.4 Å². The van der Waals surface area contributed by atoms with Crippen LogP contribution in [0.15, 0.2) is 43.0 Å². The van der Waals surface area contributed by atoms with Gasteiger partial charge >= 0.3 is 0 Å². The largest absolute Gasteiger partial charge is 0.380 e. The third-order valence-electron chi connectivity index (χ3n) is 6.72. The lowest BCUT2D eigenvalue weighted by Crippen LogP contribution is -2.25. The Balaban J connectivity index is 1.60.